The number of likely N-dealkylation sites (N-methyl/N-ethyl adjacent to an activating group) is 1. The second-order valence-corrected chi connectivity index (χ2v) is 8.23. The molecule has 0 spiro atoms. The van der Waals surface area contributed by atoms with Crippen molar-refractivity contribution in [2.45, 2.75) is 83.3 Å². The van der Waals surface area contributed by atoms with Crippen molar-refractivity contribution in [2.24, 2.45) is 0 Å². The molecular weight excluding hydrogens is 258 g/mol. The van der Waals surface area contributed by atoms with E-state index in [1.165, 1.54) is 71.1 Å². The molecule has 0 radical (unpaired) electrons. The number of hydrogen-bond acceptors (Lipinski definition) is 3. The number of hydrogen-bond donors (Lipinski definition) is 1. The first-order valence-electron chi connectivity index (χ1n) is 9.15. The SMILES string of the molecule is CN1C2CCC1CN(CCCCCCNC(C)(C)C)CC2. The fourth-order valence-electron chi connectivity index (χ4n) is 3.86. The highest BCUT2D eigenvalue weighted by molar-refractivity contribution is 4.90. The number of rotatable bonds is 7. The smallest absolute Gasteiger partial charge is 0.0223 e. The zero-order chi connectivity index (χ0) is 15.3. The van der Waals surface area contributed by atoms with E-state index in [4.69, 9.17) is 0 Å². The monoisotopic (exact) mass is 295 g/mol. The maximum atomic E-state index is 3.58. The zero-order valence-corrected chi connectivity index (χ0v) is 14.8. The predicted octanol–water partition coefficient (Wildman–Crippen LogP) is 3.10. The van der Waals surface area contributed by atoms with Crippen LogP contribution < -0.4 is 5.32 Å². The Kier molecular flexibility index (Phi) is 6.51. The normalized spacial score (nSPS) is 28.0. The Labute approximate surface area is 132 Å². The van der Waals surface area contributed by atoms with Crippen molar-refractivity contribution in [2.75, 3.05) is 33.2 Å². The Balaban J connectivity index is 1.51. The molecule has 0 aromatic heterocycles. The van der Waals surface area contributed by atoms with Crippen LogP contribution in [0.2, 0.25) is 0 Å². The highest BCUT2D eigenvalue weighted by Gasteiger charge is 2.34. The van der Waals surface area contributed by atoms with Crippen LogP contribution in [0.1, 0.15) is 65.7 Å². The van der Waals surface area contributed by atoms with Crippen molar-refractivity contribution in [3.05, 3.63) is 0 Å². The molecule has 3 heteroatoms. The van der Waals surface area contributed by atoms with Gasteiger partial charge in [-0.15, -0.1) is 0 Å². The summed E-state index contributed by atoms with van der Waals surface area (Å²) in [5, 5.41) is 3.58. The van der Waals surface area contributed by atoms with Gasteiger partial charge in [0.1, 0.15) is 0 Å². The Morgan fingerprint density at radius 2 is 1.67 bits per heavy atom. The first-order chi connectivity index (χ1) is 9.96. The summed E-state index contributed by atoms with van der Waals surface area (Å²) in [4.78, 5) is 5.38. The Morgan fingerprint density at radius 1 is 0.952 bits per heavy atom. The lowest BCUT2D eigenvalue weighted by atomic mass is 10.1. The third-order valence-corrected chi connectivity index (χ3v) is 5.29. The Hall–Kier alpha value is -0.120. The van der Waals surface area contributed by atoms with E-state index in [1.54, 1.807) is 0 Å². The van der Waals surface area contributed by atoms with Crippen molar-refractivity contribution in [3.63, 3.8) is 0 Å². The molecular formula is C18H37N3. The highest BCUT2D eigenvalue weighted by atomic mass is 15.3. The van der Waals surface area contributed by atoms with E-state index in [0.717, 1.165) is 12.1 Å². The largest absolute Gasteiger partial charge is 0.312 e. The average molecular weight is 296 g/mol. The summed E-state index contributed by atoms with van der Waals surface area (Å²) in [6.07, 6.45) is 9.74. The molecule has 0 aromatic rings. The van der Waals surface area contributed by atoms with Gasteiger partial charge < -0.3 is 10.2 Å². The molecule has 2 heterocycles. The van der Waals surface area contributed by atoms with Crippen LogP contribution in [0.4, 0.5) is 0 Å². The van der Waals surface area contributed by atoms with E-state index in [-0.39, 0.29) is 5.54 Å². The Morgan fingerprint density at radius 3 is 2.43 bits per heavy atom. The average Bonchev–Trinajstić information content (AvgIpc) is 2.63. The third-order valence-electron chi connectivity index (χ3n) is 5.29. The highest BCUT2D eigenvalue weighted by Crippen LogP contribution is 2.28. The van der Waals surface area contributed by atoms with Gasteiger partial charge in [0.2, 0.25) is 0 Å². The standard InChI is InChI=1S/C18H37N3/c1-18(2,3)19-12-7-5-6-8-13-21-14-11-16-9-10-17(15-21)20(16)4/h16-17,19H,5-15H2,1-4H3. The summed E-state index contributed by atoms with van der Waals surface area (Å²) in [5.74, 6) is 0. The molecule has 0 saturated carbocycles. The van der Waals surface area contributed by atoms with Crippen LogP contribution >= 0.6 is 0 Å². The van der Waals surface area contributed by atoms with Gasteiger partial charge in [-0.3, -0.25) is 4.90 Å². The maximum Gasteiger partial charge on any atom is 0.0223 e. The molecule has 3 nitrogen and oxygen atoms in total. The van der Waals surface area contributed by atoms with Crippen molar-refractivity contribution in [1.82, 2.24) is 15.1 Å². The molecule has 2 aliphatic rings. The van der Waals surface area contributed by atoms with E-state index in [1.807, 2.05) is 0 Å². The van der Waals surface area contributed by atoms with E-state index in [9.17, 15) is 0 Å². The molecule has 1 N–H and O–H groups in total. The lowest BCUT2D eigenvalue weighted by Crippen LogP contribution is -2.37. The van der Waals surface area contributed by atoms with Crippen LogP contribution in [0, 0.1) is 0 Å². The van der Waals surface area contributed by atoms with Crippen molar-refractivity contribution in [3.8, 4) is 0 Å². The molecule has 0 aromatic carbocycles. The van der Waals surface area contributed by atoms with Crippen LogP contribution in [-0.4, -0.2) is 60.6 Å². The topological polar surface area (TPSA) is 18.5 Å². The minimum atomic E-state index is 0.275. The van der Waals surface area contributed by atoms with Crippen molar-refractivity contribution in [1.29, 1.82) is 0 Å². The summed E-state index contributed by atoms with van der Waals surface area (Å²) >= 11 is 0. The molecule has 0 amide bonds. The lowest BCUT2D eigenvalue weighted by Gasteiger charge is -2.25. The van der Waals surface area contributed by atoms with E-state index >= 15 is 0 Å². The summed E-state index contributed by atoms with van der Waals surface area (Å²) in [5.41, 5.74) is 0.275. The van der Waals surface area contributed by atoms with Gasteiger partial charge in [-0.05, 0) is 79.6 Å². The fourth-order valence-corrected chi connectivity index (χ4v) is 3.86. The van der Waals surface area contributed by atoms with Gasteiger partial charge in [-0.25, -0.2) is 0 Å². The van der Waals surface area contributed by atoms with Gasteiger partial charge in [0.25, 0.3) is 0 Å². The maximum absolute atomic E-state index is 3.58. The number of nitrogens with zero attached hydrogens (tertiary/aromatic N) is 2. The molecule has 0 aliphatic carbocycles. The van der Waals surface area contributed by atoms with Crippen LogP contribution in [-0.2, 0) is 0 Å². The summed E-state index contributed by atoms with van der Waals surface area (Å²) < 4.78 is 0. The van der Waals surface area contributed by atoms with Crippen molar-refractivity contribution < 1.29 is 0 Å². The van der Waals surface area contributed by atoms with E-state index < -0.39 is 0 Å². The second-order valence-electron chi connectivity index (χ2n) is 8.23. The predicted molar refractivity (Wildman–Crippen MR) is 91.9 cm³/mol. The number of nitrogens with one attached hydrogen (secondary N) is 1. The molecule has 2 aliphatic heterocycles. The van der Waals surface area contributed by atoms with Gasteiger partial charge in [0, 0.05) is 24.2 Å². The molecule has 2 fully saturated rings. The molecule has 2 rings (SSSR count). The number of fused-ring (bicyclic) bond motifs is 2. The first kappa shape index (κ1) is 17.2. The second kappa shape index (κ2) is 7.94. The van der Waals surface area contributed by atoms with Gasteiger partial charge in [-0.1, -0.05) is 12.8 Å². The molecule has 21 heavy (non-hydrogen) atoms. The Bertz CT molecular complexity index is 297. The number of likely N-dealkylation sites (tertiary alicyclic amines) is 1. The quantitative estimate of drug-likeness (QED) is 0.728. The van der Waals surface area contributed by atoms with Crippen LogP contribution in [0.5, 0.6) is 0 Å². The van der Waals surface area contributed by atoms with Crippen LogP contribution in [0.15, 0.2) is 0 Å². The van der Waals surface area contributed by atoms with Crippen molar-refractivity contribution >= 4 is 0 Å². The van der Waals surface area contributed by atoms with Gasteiger partial charge >= 0.3 is 0 Å². The van der Waals surface area contributed by atoms with Crippen LogP contribution in [0.25, 0.3) is 0 Å². The fraction of sp³-hybridized carbons (Fsp3) is 1.00. The minimum Gasteiger partial charge on any atom is -0.312 e. The summed E-state index contributed by atoms with van der Waals surface area (Å²) in [6, 6.07) is 1.72. The van der Waals surface area contributed by atoms with E-state index in [0.29, 0.717) is 0 Å². The van der Waals surface area contributed by atoms with Gasteiger partial charge in [0.05, 0.1) is 0 Å². The molecule has 124 valence electrons. The van der Waals surface area contributed by atoms with E-state index in [2.05, 4.69) is 42.9 Å². The molecule has 2 atom stereocenters. The molecule has 2 unspecified atom stereocenters. The summed E-state index contributed by atoms with van der Waals surface area (Å²) in [6.45, 7) is 11.9. The zero-order valence-electron chi connectivity index (χ0n) is 14.8. The van der Waals surface area contributed by atoms with Gasteiger partial charge in [-0.2, -0.15) is 0 Å². The third kappa shape index (κ3) is 5.88. The van der Waals surface area contributed by atoms with Crippen LogP contribution in [0.3, 0.4) is 0 Å². The number of unbranched alkanes of at least 4 members (excludes halogenated alkanes) is 3. The first-order valence-corrected chi connectivity index (χ1v) is 9.15. The molecule has 2 bridgehead atoms. The molecule has 2 saturated heterocycles. The van der Waals surface area contributed by atoms with Gasteiger partial charge in [0.15, 0.2) is 0 Å². The minimum absolute atomic E-state index is 0.275. The lowest BCUT2D eigenvalue weighted by molar-refractivity contribution is 0.216. The summed E-state index contributed by atoms with van der Waals surface area (Å²) in [7, 11) is 2.34.